The number of nitrogens with two attached hydrogens (primary N) is 4. The molecule has 0 rings (SSSR count). The van der Waals surface area contributed by atoms with E-state index in [0.29, 0.717) is 0 Å². The van der Waals surface area contributed by atoms with Gasteiger partial charge < -0.3 is 125 Å². The Morgan fingerprint density at radius 3 is 0.633 bits per heavy atom. The molecule has 0 saturated carbocycles. The summed E-state index contributed by atoms with van der Waals surface area (Å²) in [5.41, 5.74) is 20.0. The van der Waals surface area contributed by atoms with Gasteiger partial charge in [-0.3, -0.25) is 50.2 Å². The maximum Gasteiger partial charge on any atom is 0.317 e. The smallest absolute Gasteiger partial charge is 0.317 e. The number of nitrogens with one attached hydrogen (secondary N) is 4. The van der Waals surface area contributed by atoms with Crippen molar-refractivity contribution in [2.75, 3.05) is 91.6 Å². The number of aliphatic hydroxyl groups is 16. The van der Waals surface area contributed by atoms with Crippen LogP contribution in [0.5, 0.6) is 0 Å². The minimum atomic E-state index is -3.10. The maximum absolute atomic E-state index is 10.6. The second-order valence-electron chi connectivity index (χ2n) is 11.3. The summed E-state index contributed by atoms with van der Waals surface area (Å²) in [6.45, 7) is -0.593. The lowest BCUT2D eigenvalue weighted by atomic mass is 10.4. The minimum Gasteiger partial charge on any atom is -0.480 e. The summed E-state index contributed by atoms with van der Waals surface area (Å²) in [5.74, 6) is -17.3. The fraction of sp³-hybridized carbons (Fsp3) is 0.846. The predicted molar refractivity (Wildman–Crippen MR) is 193 cm³/mol. The summed E-state index contributed by atoms with van der Waals surface area (Å²) < 4.78 is 0. The highest BCUT2D eigenvalue weighted by Crippen LogP contribution is 1.99. The number of aliphatic hydroxyl groups excluding tert-OH is 4. The molecule has 4 unspecified atom stereocenters. The number of aliphatic carboxylic acids is 4. The number of carboxylic acid groups (broad SMARTS) is 4. The average molecular weight is 901 g/mol. The van der Waals surface area contributed by atoms with E-state index in [-0.39, 0.29) is 65.4 Å². The molecule has 0 radical (unpaired) electrons. The van der Waals surface area contributed by atoms with Crippen molar-refractivity contribution in [2.45, 2.75) is 48.8 Å². The van der Waals surface area contributed by atoms with Crippen LogP contribution in [0, 0.1) is 0 Å². The van der Waals surface area contributed by atoms with Crippen molar-refractivity contribution < 1.29 is 121 Å². The normalized spacial score (nSPS) is 13.8. The molecule has 60 heavy (non-hydrogen) atoms. The maximum atomic E-state index is 10.6. The Hall–Kier alpha value is -3.16. The zero-order valence-corrected chi connectivity index (χ0v) is 32.0. The Bertz CT molecular complexity index is 945. The fourth-order valence-electron chi connectivity index (χ4n) is 2.90. The van der Waals surface area contributed by atoms with Gasteiger partial charge in [0.15, 0.2) is 24.9 Å². The van der Waals surface area contributed by atoms with Crippen LogP contribution in [0.1, 0.15) is 0 Å². The molecule has 0 aliphatic heterocycles. The van der Waals surface area contributed by atoms with Crippen molar-refractivity contribution in [3.63, 3.8) is 0 Å². The lowest BCUT2D eigenvalue weighted by Gasteiger charge is -2.23. The molecule has 0 aromatic rings. The van der Waals surface area contributed by atoms with Gasteiger partial charge in [-0.15, -0.1) is 0 Å². The Labute approximate surface area is 339 Å². The van der Waals surface area contributed by atoms with Crippen molar-refractivity contribution in [1.82, 2.24) is 31.1 Å². The van der Waals surface area contributed by atoms with Gasteiger partial charge in [0.2, 0.25) is 0 Å². The van der Waals surface area contributed by atoms with E-state index in [1.807, 2.05) is 0 Å². The number of hydrogen-bond donors (Lipinski definition) is 28. The third kappa shape index (κ3) is 47.5. The molecule has 0 fully saturated rings. The number of nitrogens with zero attached hydrogens (tertiary/aromatic N) is 2. The molecule has 0 aromatic heterocycles. The predicted octanol–water partition coefficient (Wildman–Crippen LogP) is -16.1. The molecular formula is C26H64N10O24. The fourth-order valence-corrected chi connectivity index (χ4v) is 2.90. The molecule has 0 heterocycles. The molecule has 0 amide bonds. The van der Waals surface area contributed by atoms with E-state index in [0.717, 1.165) is 9.80 Å². The Kier molecular flexibility index (Phi) is 39.0. The highest BCUT2D eigenvalue weighted by Gasteiger charge is 2.31. The molecule has 32 N–H and O–H groups in total. The van der Waals surface area contributed by atoms with Gasteiger partial charge in [-0.05, 0) is 0 Å². The summed E-state index contributed by atoms with van der Waals surface area (Å²) in [5, 5.41) is 177. The second kappa shape index (κ2) is 35.4. The van der Waals surface area contributed by atoms with Crippen LogP contribution < -0.4 is 44.2 Å². The van der Waals surface area contributed by atoms with Gasteiger partial charge in [-0.2, -0.15) is 0 Å². The van der Waals surface area contributed by atoms with E-state index in [9.17, 15) is 19.2 Å². The molecule has 0 spiro atoms. The van der Waals surface area contributed by atoms with Gasteiger partial charge in [0.05, 0.1) is 26.2 Å². The standard InChI is InChI=1S/C10H16N2O8.4C4H12N2O4/c13-7(14)3-11(4-8(15)16)1-2-12(5-9(17)18)6-10(19)20;4*5-1-2-6-3(7)4(8,9)10/h1-6H2,(H,13,14)(H,15,16)(H,17,18)(H,19,20);4*3,6-10H,1-2,5H2. The first-order valence-electron chi connectivity index (χ1n) is 16.6. The summed E-state index contributed by atoms with van der Waals surface area (Å²) in [4.78, 5) is 44.4. The largest absolute Gasteiger partial charge is 0.480 e. The topological polar surface area (TPSA) is 632 Å². The van der Waals surface area contributed by atoms with Gasteiger partial charge in [-0.1, -0.05) is 0 Å². The van der Waals surface area contributed by atoms with Gasteiger partial charge >= 0.3 is 47.8 Å². The quantitative estimate of drug-likeness (QED) is 0.0340. The molecule has 0 saturated heterocycles. The molecular weight excluding hydrogens is 836 g/mol. The monoisotopic (exact) mass is 900 g/mol. The number of carbonyl (C=O) groups is 4. The zero-order valence-electron chi connectivity index (χ0n) is 32.0. The van der Waals surface area contributed by atoms with Gasteiger partial charge in [0, 0.05) is 65.4 Å². The van der Waals surface area contributed by atoms with Crippen LogP contribution in [-0.4, -0.2) is 276 Å². The van der Waals surface area contributed by atoms with E-state index in [4.69, 9.17) is 125 Å². The molecule has 0 aromatic carbocycles. The van der Waals surface area contributed by atoms with E-state index in [1.165, 1.54) is 0 Å². The summed E-state index contributed by atoms with van der Waals surface area (Å²) >= 11 is 0. The molecule has 0 bridgehead atoms. The zero-order chi connectivity index (χ0) is 48.5. The Morgan fingerprint density at radius 2 is 0.533 bits per heavy atom. The SMILES string of the molecule is NCCNC(O)C(O)(O)O.NCCNC(O)C(O)(O)O.NCCNC(O)C(O)(O)O.NCCNC(O)C(O)(O)O.O=C(O)CN(CCN(CC(=O)O)CC(=O)O)CC(=O)O. The first-order chi connectivity index (χ1) is 27.1. The van der Waals surface area contributed by atoms with Crippen molar-refractivity contribution in [2.24, 2.45) is 22.9 Å². The minimum absolute atomic E-state index is 0.0703. The van der Waals surface area contributed by atoms with Gasteiger partial charge in [0.1, 0.15) is 0 Å². The third-order valence-electron chi connectivity index (χ3n) is 5.56. The van der Waals surface area contributed by atoms with Crippen LogP contribution >= 0.6 is 0 Å². The van der Waals surface area contributed by atoms with Crippen molar-refractivity contribution in [3.8, 4) is 0 Å². The summed E-state index contributed by atoms with van der Waals surface area (Å²) in [6.07, 6.45) is -7.18. The highest BCUT2D eigenvalue weighted by atomic mass is 16.7. The average Bonchev–Trinajstić information content (AvgIpc) is 3.08. The first-order valence-corrected chi connectivity index (χ1v) is 16.6. The van der Waals surface area contributed by atoms with E-state index in [2.05, 4.69) is 21.3 Å². The van der Waals surface area contributed by atoms with Crippen LogP contribution in [0.2, 0.25) is 0 Å². The highest BCUT2D eigenvalue weighted by molar-refractivity contribution is 5.73. The summed E-state index contributed by atoms with van der Waals surface area (Å²) in [7, 11) is 0. The Morgan fingerprint density at radius 1 is 0.383 bits per heavy atom. The van der Waals surface area contributed by atoms with Crippen LogP contribution in [-0.2, 0) is 19.2 Å². The van der Waals surface area contributed by atoms with Gasteiger partial charge in [0.25, 0.3) is 0 Å². The number of carboxylic acids is 4. The Balaban J connectivity index is -0.000000219. The molecule has 34 heteroatoms. The molecule has 4 atom stereocenters. The van der Waals surface area contributed by atoms with Crippen molar-refractivity contribution in [1.29, 1.82) is 0 Å². The van der Waals surface area contributed by atoms with Crippen LogP contribution in [0.4, 0.5) is 0 Å². The number of hydrogen-bond acceptors (Lipinski definition) is 30. The van der Waals surface area contributed by atoms with Crippen LogP contribution in [0.25, 0.3) is 0 Å². The molecule has 0 aliphatic carbocycles. The van der Waals surface area contributed by atoms with Crippen LogP contribution in [0.15, 0.2) is 0 Å². The third-order valence-corrected chi connectivity index (χ3v) is 5.56. The van der Waals surface area contributed by atoms with E-state index in [1.54, 1.807) is 0 Å². The van der Waals surface area contributed by atoms with Crippen LogP contribution in [0.3, 0.4) is 0 Å². The summed E-state index contributed by atoms with van der Waals surface area (Å²) in [6, 6.07) is 0. The van der Waals surface area contributed by atoms with Gasteiger partial charge in [-0.25, -0.2) is 0 Å². The van der Waals surface area contributed by atoms with Crippen molar-refractivity contribution in [3.05, 3.63) is 0 Å². The van der Waals surface area contributed by atoms with E-state index < -0.39 is 98.9 Å². The molecule has 34 nitrogen and oxygen atoms in total. The second-order valence-corrected chi connectivity index (χ2v) is 11.3. The molecule has 362 valence electrons. The lowest BCUT2D eigenvalue weighted by Crippen LogP contribution is -2.51. The lowest BCUT2D eigenvalue weighted by molar-refractivity contribution is -0.360. The first kappa shape index (κ1) is 66.0. The number of rotatable bonds is 27. The van der Waals surface area contributed by atoms with E-state index >= 15 is 0 Å². The van der Waals surface area contributed by atoms with Crippen molar-refractivity contribution >= 4 is 23.9 Å². The molecule has 0 aliphatic rings.